The van der Waals surface area contributed by atoms with E-state index in [0.717, 1.165) is 11.8 Å². The highest BCUT2D eigenvalue weighted by Gasteiger charge is 2.33. The lowest BCUT2D eigenvalue weighted by Crippen LogP contribution is -2.31. The molecule has 1 unspecified atom stereocenters. The Morgan fingerprint density at radius 1 is 1.19 bits per heavy atom. The molecule has 0 spiro atoms. The smallest absolute Gasteiger partial charge is 0.123 e. The Bertz CT molecular complexity index is 338. The fraction of sp³-hybridized carbons (Fsp3) is 0.500. The molecule has 2 nitrogen and oxygen atoms in total. The summed E-state index contributed by atoms with van der Waals surface area (Å²) in [5, 5.41) is 10.6. The third kappa shape index (κ3) is 3.46. The van der Waals surface area contributed by atoms with Crippen molar-refractivity contribution in [2.75, 3.05) is 0 Å². The number of hydrogen-bond acceptors (Lipinski definition) is 2. The molecule has 0 aliphatic rings. The van der Waals surface area contributed by atoms with E-state index in [1.807, 2.05) is 30.3 Å². The highest BCUT2D eigenvalue weighted by molar-refractivity contribution is 5.52. The zero-order chi connectivity index (χ0) is 12.2. The third-order valence-electron chi connectivity index (χ3n) is 2.55. The number of aliphatic hydroxyl groups is 1. The van der Waals surface area contributed by atoms with Crippen molar-refractivity contribution in [3.63, 3.8) is 0 Å². The molecule has 1 atom stereocenters. The molecule has 0 saturated heterocycles. The number of rotatable bonds is 4. The van der Waals surface area contributed by atoms with Crippen LogP contribution in [-0.2, 0) is 10.4 Å². The van der Waals surface area contributed by atoms with E-state index < -0.39 is 5.60 Å². The van der Waals surface area contributed by atoms with Crippen LogP contribution in [0.25, 0.3) is 0 Å². The molecule has 1 aromatic carbocycles. The second kappa shape index (κ2) is 4.79. The van der Waals surface area contributed by atoms with E-state index in [0.29, 0.717) is 6.42 Å². The van der Waals surface area contributed by atoms with Crippen molar-refractivity contribution in [2.45, 2.75) is 39.2 Å². The summed E-state index contributed by atoms with van der Waals surface area (Å²) >= 11 is 0. The second-order valence-corrected chi connectivity index (χ2v) is 5.51. The lowest BCUT2D eigenvalue weighted by molar-refractivity contribution is -0.114. The van der Waals surface area contributed by atoms with Gasteiger partial charge in [-0.25, -0.2) is 0 Å². The minimum absolute atomic E-state index is 0.0202. The van der Waals surface area contributed by atoms with Gasteiger partial charge in [-0.1, -0.05) is 51.1 Å². The lowest BCUT2D eigenvalue weighted by Gasteiger charge is -2.33. The molecule has 1 N–H and O–H groups in total. The predicted molar refractivity (Wildman–Crippen MR) is 65.1 cm³/mol. The number of benzene rings is 1. The first-order valence-corrected chi connectivity index (χ1v) is 5.59. The molecule has 0 heterocycles. The van der Waals surface area contributed by atoms with Gasteiger partial charge >= 0.3 is 0 Å². The van der Waals surface area contributed by atoms with Crippen LogP contribution in [-0.4, -0.2) is 11.4 Å². The Morgan fingerprint density at radius 2 is 1.75 bits per heavy atom. The Kier molecular flexibility index (Phi) is 3.87. The van der Waals surface area contributed by atoms with Gasteiger partial charge in [-0.15, -0.1) is 0 Å². The van der Waals surface area contributed by atoms with Crippen LogP contribution >= 0.6 is 0 Å². The average Bonchev–Trinajstić information content (AvgIpc) is 2.16. The number of carbonyl (C=O) groups excluding carboxylic acids is 1. The maximum absolute atomic E-state index is 10.7. The molecule has 1 rings (SSSR count). The molecule has 88 valence electrons. The summed E-state index contributed by atoms with van der Waals surface area (Å²) in [4.78, 5) is 10.7. The molecule has 0 saturated carbocycles. The Hall–Kier alpha value is -1.15. The van der Waals surface area contributed by atoms with Crippen molar-refractivity contribution in [3.8, 4) is 0 Å². The first-order chi connectivity index (χ1) is 7.37. The molecular weight excluding hydrogens is 200 g/mol. The van der Waals surface area contributed by atoms with Crippen LogP contribution in [0.2, 0.25) is 0 Å². The van der Waals surface area contributed by atoms with Gasteiger partial charge in [0, 0.05) is 6.42 Å². The predicted octanol–water partition coefficient (Wildman–Crippen LogP) is 2.90. The fourth-order valence-corrected chi connectivity index (χ4v) is 2.06. The van der Waals surface area contributed by atoms with E-state index in [4.69, 9.17) is 0 Å². The van der Waals surface area contributed by atoms with E-state index in [-0.39, 0.29) is 11.8 Å². The van der Waals surface area contributed by atoms with Gasteiger partial charge in [0.1, 0.15) is 6.29 Å². The normalized spacial score (nSPS) is 15.5. The quantitative estimate of drug-likeness (QED) is 0.792. The minimum Gasteiger partial charge on any atom is -0.385 e. The van der Waals surface area contributed by atoms with Crippen LogP contribution in [0, 0.1) is 5.41 Å². The van der Waals surface area contributed by atoms with E-state index in [2.05, 4.69) is 20.8 Å². The summed E-state index contributed by atoms with van der Waals surface area (Å²) < 4.78 is 0. The Morgan fingerprint density at radius 3 is 2.19 bits per heavy atom. The van der Waals surface area contributed by atoms with Crippen molar-refractivity contribution in [2.24, 2.45) is 5.41 Å². The highest BCUT2D eigenvalue weighted by atomic mass is 16.3. The SMILES string of the molecule is CC(C)(C)CC(O)(CC=O)c1ccccc1. The summed E-state index contributed by atoms with van der Waals surface area (Å²) in [6, 6.07) is 9.41. The van der Waals surface area contributed by atoms with Crippen molar-refractivity contribution in [1.29, 1.82) is 0 Å². The summed E-state index contributed by atoms with van der Waals surface area (Å²) in [7, 11) is 0. The van der Waals surface area contributed by atoms with Gasteiger partial charge in [0.25, 0.3) is 0 Å². The van der Waals surface area contributed by atoms with Gasteiger partial charge in [-0.2, -0.15) is 0 Å². The summed E-state index contributed by atoms with van der Waals surface area (Å²) in [6.07, 6.45) is 1.51. The topological polar surface area (TPSA) is 37.3 Å². The fourth-order valence-electron chi connectivity index (χ4n) is 2.06. The molecule has 0 aliphatic carbocycles. The van der Waals surface area contributed by atoms with Crippen LogP contribution in [0.15, 0.2) is 30.3 Å². The van der Waals surface area contributed by atoms with Gasteiger partial charge < -0.3 is 9.90 Å². The van der Waals surface area contributed by atoms with Gasteiger partial charge in [-0.05, 0) is 17.4 Å². The molecule has 2 heteroatoms. The van der Waals surface area contributed by atoms with E-state index >= 15 is 0 Å². The van der Waals surface area contributed by atoms with Gasteiger partial charge in [-0.3, -0.25) is 0 Å². The molecule has 16 heavy (non-hydrogen) atoms. The van der Waals surface area contributed by atoms with Crippen LogP contribution in [0.3, 0.4) is 0 Å². The van der Waals surface area contributed by atoms with E-state index in [1.54, 1.807) is 0 Å². The number of aldehydes is 1. The maximum Gasteiger partial charge on any atom is 0.123 e. The molecule has 0 aliphatic heterocycles. The van der Waals surface area contributed by atoms with Crippen LogP contribution in [0.5, 0.6) is 0 Å². The number of carbonyl (C=O) groups is 1. The minimum atomic E-state index is -1.04. The zero-order valence-corrected chi connectivity index (χ0v) is 10.2. The maximum atomic E-state index is 10.7. The Labute approximate surface area is 97.3 Å². The largest absolute Gasteiger partial charge is 0.385 e. The molecular formula is C14H20O2. The van der Waals surface area contributed by atoms with Crippen molar-refractivity contribution in [3.05, 3.63) is 35.9 Å². The van der Waals surface area contributed by atoms with E-state index in [9.17, 15) is 9.90 Å². The van der Waals surface area contributed by atoms with E-state index in [1.165, 1.54) is 0 Å². The average molecular weight is 220 g/mol. The zero-order valence-electron chi connectivity index (χ0n) is 10.2. The van der Waals surface area contributed by atoms with Crippen molar-refractivity contribution >= 4 is 6.29 Å². The Balaban J connectivity index is 3.02. The molecule has 0 fully saturated rings. The second-order valence-electron chi connectivity index (χ2n) is 5.51. The summed E-state index contributed by atoms with van der Waals surface area (Å²) in [5.74, 6) is 0. The number of hydrogen-bond donors (Lipinski definition) is 1. The lowest BCUT2D eigenvalue weighted by atomic mass is 9.77. The first kappa shape index (κ1) is 12.9. The summed E-state index contributed by atoms with van der Waals surface area (Å²) in [6.45, 7) is 6.18. The monoisotopic (exact) mass is 220 g/mol. The van der Waals surface area contributed by atoms with Crippen LogP contribution in [0.4, 0.5) is 0 Å². The molecule has 0 amide bonds. The summed E-state index contributed by atoms with van der Waals surface area (Å²) in [5.41, 5.74) is -0.244. The first-order valence-electron chi connectivity index (χ1n) is 5.59. The molecule has 0 aromatic heterocycles. The molecule has 0 radical (unpaired) electrons. The molecule has 1 aromatic rings. The molecule has 0 bridgehead atoms. The standard InChI is InChI=1S/C14H20O2/c1-13(2,3)11-14(16,9-10-15)12-7-5-4-6-8-12/h4-8,10,16H,9,11H2,1-3H3. The van der Waals surface area contributed by atoms with Crippen LogP contribution in [0.1, 0.15) is 39.2 Å². The van der Waals surface area contributed by atoms with Crippen LogP contribution < -0.4 is 0 Å². The van der Waals surface area contributed by atoms with Gasteiger partial charge in [0.05, 0.1) is 5.60 Å². The van der Waals surface area contributed by atoms with Gasteiger partial charge in [0.2, 0.25) is 0 Å². The highest BCUT2D eigenvalue weighted by Crippen LogP contribution is 2.36. The third-order valence-corrected chi connectivity index (χ3v) is 2.55. The van der Waals surface area contributed by atoms with Crippen molar-refractivity contribution < 1.29 is 9.90 Å². The van der Waals surface area contributed by atoms with Crippen molar-refractivity contribution in [1.82, 2.24) is 0 Å². The van der Waals surface area contributed by atoms with Gasteiger partial charge in [0.15, 0.2) is 0 Å².